The summed E-state index contributed by atoms with van der Waals surface area (Å²) < 4.78 is 52.5. The number of halogens is 4. The molecule has 2 unspecified atom stereocenters. The third kappa shape index (κ3) is 6.21. The first-order chi connectivity index (χ1) is 15.4. The van der Waals surface area contributed by atoms with Gasteiger partial charge in [0.1, 0.15) is 6.10 Å². The van der Waals surface area contributed by atoms with E-state index in [4.69, 9.17) is 14.5 Å². The van der Waals surface area contributed by atoms with Crippen molar-refractivity contribution in [2.24, 2.45) is 0 Å². The highest BCUT2D eigenvalue weighted by Gasteiger charge is 2.36. The average Bonchev–Trinajstić information content (AvgIpc) is 2.79. The maximum atomic E-state index is 13.4. The molecule has 2 aliphatic heterocycles. The molecule has 0 saturated carbocycles. The van der Waals surface area contributed by atoms with Crippen molar-refractivity contribution in [3.05, 3.63) is 46.6 Å². The molecule has 0 spiro atoms. The highest BCUT2D eigenvalue weighted by Crippen LogP contribution is 2.37. The van der Waals surface area contributed by atoms with Gasteiger partial charge in [-0.05, 0) is 43.5 Å². The van der Waals surface area contributed by atoms with Crippen LogP contribution in [0.4, 0.5) is 18.9 Å². The number of nitrogens with zero attached hydrogens (tertiary/aromatic N) is 2. The van der Waals surface area contributed by atoms with Crippen LogP contribution in [0.5, 0.6) is 0 Å². The van der Waals surface area contributed by atoms with Crippen LogP contribution in [-0.4, -0.2) is 50.2 Å². The first-order valence-electron chi connectivity index (χ1n) is 11.0. The third-order valence-corrected chi connectivity index (χ3v) is 6.20. The molecule has 0 aliphatic carbocycles. The van der Waals surface area contributed by atoms with Gasteiger partial charge in [-0.25, -0.2) is 4.98 Å². The minimum atomic E-state index is -4.38. The van der Waals surface area contributed by atoms with E-state index < -0.39 is 25.0 Å². The zero-order valence-electron chi connectivity index (χ0n) is 17.7. The van der Waals surface area contributed by atoms with E-state index in [9.17, 15) is 13.2 Å². The molecular weight excluding hydrogens is 487 g/mol. The van der Waals surface area contributed by atoms with E-state index in [2.05, 4.69) is 26.1 Å². The van der Waals surface area contributed by atoms with E-state index in [1.807, 2.05) is 30.3 Å². The van der Waals surface area contributed by atoms with E-state index in [1.165, 1.54) is 0 Å². The average molecular weight is 514 g/mol. The molecule has 0 radical (unpaired) electrons. The van der Waals surface area contributed by atoms with E-state index >= 15 is 0 Å². The van der Waals surface area contributed by atoms with Crippen molar-refractivity contribution >= 4 is 21.6 Å². The molecule has 9 heteroatoms. The van der Waals surface area contributed by atoms with Gasteiger partial charge in [0.15, 0.2) is 6.29 Å². The molecule has 32 heavy (non-hydrogen) atoms. The Labute approximate surface area is 194 Å². The molecule has 2 atom stereocenters. The molecule has 3 heterocycles. The Kier molecular flexibility index (Phi) is 7.70. The molecule has 0 bridgehead atoms. The van der Waals surface area contributed by atoms with Gasteiger partial charge >= 0.3 is 6.18 Å². The van der Waals surface area contributed by atoms with Gasteiger partial charge in [-0.3, -0.25) is 0 Å². The predicted molar refractivity (Wildman–Crippen MR) is 121 cm³/mol. The maximum absolute atomic E-state index is 13.4. The van der Waals surface area contributed by atoms with Gasteiger partial charge in [0.05, 0.1) is 23.5 Å². The summed E-state index contributed by atoms with van der Waals surface area (Å²) >= 11 is 3.44. The molecule has 2 aliphatic rings. The van der Waals surface area contributed by atoms with Crippen molar-refractivity contribution in [2.75, 3.05) is 37.7 Å². The summed E-state index contributed by atoms with van der Waals surface area (Å²) in [4.78, 5) is 6.96. The number of ether oxygens (including phenoxy) is 2. The highest BCUT2D eigenvalue weighted by atomic mass is 79.9. The van der Waals surface area contributed by atoms with Crippen LogP contribution in [0, 0.1) is 0 Å². The van der Waals surface area contributed by atoms with Crippen LogP contribution in [0.1, 0.15) is 37.5 Å². The molecule has 0 amide bonds. The summed E-state index contributed by atoms with van der Waals surface area (Å²) in [6.45, 7) is 3.82. The number of hydrogen-bond acceptors (Lipinski definition) is 5. The minimum Gasteiger partial charge on any atom is -0.367 e. The van der Waals surface area contributed by atoms with Crippen molar-refractivity contribution in [3.8, 4) is 11.3 Å². The molecule has 4 rings (SSSR count). The second-order valence-corrected chi connectivity index (χ2v) is 9.00. The maximum Gasteiger partial charge on any atom is 0.391 e. The number of alkyl halides is 3. The smallest absolute Gasteiger partial charge is 0.367 e. The molecule has 2 aromatic rings. The first kappa shape index (κ1) is 23.5. The summed E-state index contributed by atoms with van der Waals surface area (Å²) in [5.74, 6) is 0. The van der Waals surface area contributed by atoms with Gasteiger partial charge in [-0.15, -0.1) is 0 Å². The van der Waals surface area contributed by atoms with Crippen LogP contribution in [0.2, 0.25) is 0 Å². The van der Waals surface area contributed by atoms with Crippen molar-refractivity contribution in [3.63, 3.8) is 0 Å². The van der Waals surface area contributed by atoms with Crippen LogP contribution in [-0.2, 0) is 9.47 Å². The zero-order valence-corrected chi connectivity index (χ0v) is 19.3. The number of anilines is 1. The topological polar surface area (TPSA) is 46.6 Å². The summed E-state index contributed by atoms with van der Waals surface area (Å²) in [5, 5.41) is 3.32. The fourth-order valence-corrected chi connectivity index (χ4v) is 4.33. The number of nitrogens with one attached hydrogen (secondary N) is 1. The lowest BCUT2D eigenvalue weighted by Crippen LogP contribution is -2.43. The van der Waals surface area contributed by atoms with Crippen molar-refractivity contribution in [1.82, 2.24) is 10.3 Å². The first-order valence-corrected chi connectivity index (χ1v) is 11.7. The van der Waals surface area contributed by atoms with E-state index in [0.717, 1.165) is 54.7 Å². The van der Waals surface area contributed by atoms with Crippen molar-refractivity contribution in [1.29, 1.82) is 0 Å². The van der Waals surface area contributed by atoms with E-state index in [1.54, 1.807) is 6.07 Å². The fourth-order valence-electron chi connectivity index (χ4n) is 4.06. The number of aromatic nitrogens is 1. The lowest BCUT2D eigenvalue weighted by molar-refractivity contribution is -0.222. The van der Waals surface area contributed by atoms with Crippen molar-refractivity contribution < 1.29 is 22.6 Å². The quantitative estimate of drug-likeness (QED) is 0.555. The largest absolute Gasteiger partial charge is 0.391 e. The Morgan fingerprint density at radius 1 is 1.12 bits per heavy atom. The van der Waals surface area contributed by atoms with Gasteiger partial charge in [0.2, 0.25) is 0 Å². The van der Waals surface area contributed by atoms with E-state index in [0.29, 0.717) is 18.7 Å². The molecule has 2 saturated heterocycles. The van der Waals surface area contributed by atoms with Gasteiger partial charge in [-0.1, -0.05) is 28.1 Å². The highest BCUT2D eigenvalue weighted by molar-refractivity contribution is 9.10. The van der Waals surface area contributed by atoms with Gasteiger partial charge in [0, 0.05) is 42.8 Å². The van der Waals surface area contributed by atoms with Crippen molar-refractivity contribution in [2.45, 2.75) is 44.3 Å². The van der Waals surface area contributed by atoms with Gasteiger partial charge < -0.3 is 19.7 Å². The number of hydrogen-bond donors (Lipinski definition) is 1. The number of benzene rings is 1. The van der Waals surface area contributed by atoms with Gasteiger partial charge in [0.25, 0.3) is 0 Å². The Morgan fingerprint density at radius 3 is 2.53 bits per heavy atom. The Morgan fingerprint density at radius 2 is 1.88 bits per heavy atom. The second kappa shape index (κ2) is 10.5. The lowest BCUT2D eigenvalue weighted by atomic mass is 10.1. The molecule has 2 fully saturated rings. The third-order valence-electron chi connectivity index (χ3n) is 5.67. The van der Waals surface area contributed by atoms with Crippen LogP contribution < -0.4 is 10.2 Å². The molecule has 5 nitrogen and oxygen atoms in total. The van der Waals surface area contributed by atoms with Crippen LogP contribution in [0.25, 0.3) is 11.3 Å². The molecule has 1 N–H and O–H groups in total. The number of rotatable bonds is 6. The monoisotopic (exact) mass is 513 g/mol. The normalized spacial score (nSPS) is 20.9. The van der Waals surface area contributed by atoms with Crippen LogP contribution in [0.3, 0.4) is 0 Å². The summed E-state index contributed by atoms with van der Waals surface area (Å²) in [5.41, 5.74) is 2.70. The Hall–Kier alpha value is -1.68. The standard InChI is InChI=1S/C23H27BrF3N3O2/c24-17-6-4-16(5-7-17)22-19(30-12-10-28-11-13-30)9-8-18(29-22)20(15-23(25,26)27)32-21-3-1-2-14-31-21/h4-9,20-21,28H,1-3,10-15H2. The zero-order chi connectivity index (χ0) is 22.6. The predicted octanol–water partition coefficient (Wildman–Crippen LogP) is 5.46. The second-order valence-electron chi connectivity index (χ2n) is 8.09. The molecule has 174 valence electrons. The number of piperazine rings is 1. The molecular formula is C23H27BrF3N3O2. The number of pyridine rings is 1. The Balaban J connectivity index is 1.70. The molecule has 1 aromatic carbocycles. The van der Waals surface area contributed by atoms with Gasteiger partial charge in [-0.2, -0.15) is 13.2 Å². The van der Waals surface area contributed by atoms with E-state index in [-0.39, 0.29) is 5.69 Å². The minimum absolute atomic E-state index is 0.272. The molecule has 1 aromatic heterocycles. The SMILES string of the molecule is FC(F)(F)CC(OC1CCCCO1)c1ccc(N2CCNCC2)c(-c2ccc(Br)cc2)n1. The van der Waals surface area contributed by atoms with Crippen LogP contribution in [0.15, 0.2) is 40.9 Å². The van der Waals surface area contributed by atoms with Crippen LogP contribution >= 0.6 is 15.9 Å². The summed E-state index contributed by atoms with van der Waals surface area (Å²) in [7, 11) is 0. The fraction of sp³-hybridized carbons (Fsp3) is 0.522. The summed E-state index contributed by atoms with van der Waals surface area (Å²) in [6, 6.07) is 11.2. The summed E-state index contributed by atoms with van der Waals surface area (Å²) in [6.07, 6.45) is -4.97. The lowest BCUT2D eigenvalue weighted by Gasteiger charge is -2.32. The Bertz CT molecular complexity index is 883.